The highest BCUT2D eigenvalue weighted by atomic mass is 16.5. The van der Waals surface area contributed by atoms with Crippen molar-refractivity contribution in [3.63, 3.8) is 0 Å². The number of benzene rings is 2. The number of rotatable bonds is 8. The Bertz CT molecular complexity index is 1340. The summed E-state index contributed by atoms with van der Waals surface area (Å²) in [6.45, 7) is 6.32. The highest BCUT2D eigenvalue weighted by molar-refractivity contribution is 6.46. The number of carbonyl (C=O) groups is 2. The maximum Gasteiger partial charge on any atom is 0.295 e. The number of amides is 1. The molecule has 5 rings (SSSR count). The SMILES string of the molecule is COc1cccc(C2C(=C([O-])c3cnn(-c4ccccc4)c3C)C(=O)C(=O)N2CCC[NH+]2CCOCC2)c1. The first-order valence-electron chi connectivity index (χ1n) is 12.9. The van der Waals surface area contributed by atoms with E-state index < -0.39 is 23.5 Å². The van der Waals surface area contributed by atoms with Gasteiger partial charge in [0.15, 0.2) is 0 Å². The van der Waals surface area contributed by atoms with Crippen molar-refractivity contribution in [2.75, 3.05) is 46.5 Å². The van der Waals surface area contributed by atoms with Crippen molar-refractivity contribution >= 4 is 17.4 Å². The number of nitrogens with zero attached hydrogens (tertiary/aromatic N) is 3. The second-order valence-electron chi connectivity index (χ2n) is 9.61. The molecule has 2 aliphatic rings. The number of Topliss-reactive ketones (excluding diaryl/α,β-unsaturated/α-hetero) is 1. The van der Waals surface area contributed by atoms with Gasteiger partial charge in [-0.2, -0.15) is 5.10 Å². The van der Waals surface area contributed by atoms with Gasteiger partial charge in [-0.05, 0) is 36.8 Å². The highest BCUT2D eigenvalue weighted by Gasteiger charge is 2.44. The topological polar surface area (TPSA) is 101 Å². The molecule has 2 fully saturated rings. The van der Waals surface area contributed by atoms with Crippen LogP contribution in [-0.4, -0.2) is 72.9 Å². The van der Waals surface area contributed by atoms with E-state index in [4.69, 9.17) is 9.47 Å². The van der Waals surface area contributed by atoms with E-state index in [1.165, 1.54) is 11.1 Å². The van der Waals surface area contributed by atoms with E-state index in [9.17, 15) is 14.7 Å². The number of carbonyl (C=O) groups excluding carboxylic acids is 2. The van der Waals surface area contributed by atoms with Crippen LogP contribution in [0.1, 0.15) is 29.3 Å². The van der Waals surface area contributed by atoms with Gasteiger partial charge in [0.05, 0.1) is 44.8 Å². The molecule has 9 nitrogen and oxygen atoms in total. The molecule has 2 saturated heterocycles. The Morgan fingerprint density at radius 3 is 2.63 bits per heavy atom. The molecule has 1 N–H and O–H groups in total. The van der Waals surface area contributed by atoms with Gasteiger partial charge in [0.2, 0.25) is 5.78 Å². The third kappa shape index (κ3) is 4.94. The zero-order valence-electron chi connectivity index (χ0n) is 21.7. The predicted molar refractivity (Wildman–Crippen MR) is 139 cm³/mol. The minimum absolute atomic E-state index is 0.0438. The summed E-state index contributed by atoms with van der Waals surface area (Å²) in [6, 6.07) is 15.9. The number of aromatic nitrogens is 2. The monoisotopic (exact) mass is 516 g/mol. The van der Waals surface area contributed by atoms with Gasteiger partial charge in [0.1, 0.15) is 18.8 Å². The first kappa shape index (κ1) is 25.7. The third-order valence-electron chi connectivity index (χ3n) is 7.32. The molecular weight excluding hydrogens is 484 g/mol. The number of quaternary nitrogens is 1. The van der Waals surface area contributed by atoms with Crippen LogP contribution in [0, 0.1) is 6.92 Å². The van der Waals surface area contributed by atoms with Crippen LogP contribution >= 0.6 is 0 Å². The molecule has 38 heavy (non-hydrogen) atoms. The zero-order valence-corrected chi connectivity index (χ0v) is 21.7. The minimum atomic E-state index is -0.795. The van der Waals surface area contributed by atoms with Crippen molar-refractivity contribution in [3.8, 4) is 11.4 Å². The number of hydrogen-bond acceptors (Lipinski definition) is 6. The lowest BCUT2D eigenvalue weighted by atomic mass is 9.95. The lowest BCUT2D eigenvalue weighted by Crippen LogP contribution is -3.14. The van der Waals surface area contributed by atoms with Crippen LogP contribution in [0.3, 0.4) is 0 Å². The lowest BCUT2D eigenvalue weighted by molar-refractivity contribution is -0.908. The first-order chi connectivity index (χ1) is 18.5. The van der Waals surface area contributed by atoms with E-state index in [1.807, 2.05) is 36.4 Å². The summed E-state index contributed by atoms with van der Waals surface area (Å²) in [4.78, 5) is 29.7. The van der Waals surface area contributed by atoms with E-state index in [0.717, 1.165) is 38.5 Å². The van der Waals surface area contributed by atoms with Crippen molar-refractivity contribution in [3.05, 3.63) is 83.2 Å². The molecule has 0 spiro atoms. The van der Waals surface area contributed by atoms with Gasteiger partial charge in [-0.15, -0.1) is 0 Å². The molecule has 1 unspecified atom stereocenters. The normalized spacial score (nSPS) is 19.7. The van der Waals surface area contributed by atoms with E-state index >= 15 is 0 Å². The first-order valence-corrected chi connectivity index (χ1v) is 12.9. The number of likely N-dealkylation sites (tertiary alicyclic amines) is 1. The molecule has 2 aromatic carbocycles. The van der Waals surface area contributed by atoms with Crippen molar-refractivity contribution in [1.82, 2.24) is 14.7 Å². The Morgan fingerprint density at radius 1 is 1.13 bits per heavy atom. The quantitative estimate of drug-likeness (QED) is 0.269. The average molecular weight is 517 g/mol. The lowest BCUT2D eigenvalue weighted by Gasteiger charge is -2.29. The molecule has 9 heteroatoms. The number of hydrogen-bond donors (Lipinski definition) is 1. The summed E-state index contributed by atoms with van der Waals surface area (Å²) < 4.78 is 12.5. The Morgan fingerprint density at radius 2 is 1.89 bits per heavy atom. The zero-order chi connectivity index (χ0) is 26.6. The van der Waals surface area contributed by atoms with Gasteiger partial charge in [-0.3, -0.25) is 9.59 Å². The standard InChI is InChI=1S/C29H32N4O5/c1-20-24(19-30-33(20)22-9-4-3-5-10-22)27(34)25-26(21-8-6-11-23(18-21)37-2)32(29(36)28(25)35)13-7-12-31-14-16-38-17-15-31/h3-6,8-11,18-19,26,34H,7,12-17H2,1-2H3. The largest absolute Gasteiger partial charge is 0.872 e. The molecule has 1 amide bonds. The van der Waals surface area contributed by atoms with Gasteiger partial charge in [-0.1, -0.05) is 36.1 Å². The van der Waals surface area contributed by atoms with Crippen LogP contribution in [0.4, 0.5) is 0 Å². The van der Waals surface area contributed by atoms with Crippen LogP contribution in [0.2, 0.25) is 0 Å². The summed E-state index contributed by atoms with van der Waals surface area (Å²) >= 11 is 0. The number of ether oxygens (including phenoxy) is 2. The maximum atomic E-state index is 13.9. The van der Waals surface area contributed by atoms with E-state index in [2.05, 4.69) is 5.10 Å². The Hall–Kier alpha value is -3.95. The predicted octanol–water partition coefficient (Wildman–Crippen LogP) is 0.719. The number of methoxy groups -OCH3 is 1. The maximum absolute atomic E-state index is 13.9. The summed E-state index contributed by atoms with van der Waals surface area (Å²) in [5.41, 5.74) is 2.33. The van der Waals surface area contributed by atoms with Crippen LogP contribution in [0.15, 0.2) is 66.4 Å². The molecule has 0 radical (unpaired) electrons. The fourth-order valence-electron chi connectivity index (χ4n) is 5.28. The molecular formula is C29H32N4O5. The van der Waals surface area contributed by atoms with Crippen LogP contribution in [-0.2, 0) is 14.3 Å². The number of morpholine rings is 1. The number of para-hydroxylation sites is 1. The van der Waals surface area contributed by atoms with Crippen molar-refractivity contribution in [2.24, 2.45) is 0 Å². The summed E-state index contributed by atoms with van der Waals surface area (Å²) in [6.07, 6.45) is 2.18. The summed E-state index contributed by atoms with van der Waals surface area (Å²) in [7, 11) is 1.56. The Labute approximate surface area is 221 Å². The van der Waals surface area contributed by atoms with Gasteiger partial charge in [0, 0.05) is 29.8 Å². The Kier molecular flexibility index (Phi) is 7.57. The molecule has 2 aliphatic heterocycles. The van der Waals surface area contributed by atoms with Gasteiger partial charge in [0.25, 0.3) is 5.91 Å². The van der Waals surface area contributed by atoms with Crippen molar-refractivity contribution in [1.29, 1.82) is 0 Å². The molecule has 0 bridgehead atoms. The number of ketones is 1. The van der Waals surface area contributed by atoms with Crippen LogP contribution in [0.5, 0.6) is 5.75 Å². The van der Waals surface area contributed by atoms with E-state index in [1.54, 1.807) is 41.8 Å². The van der Waals surface area contributed by atoms with Gasteiger partial charge in [-0.25, -0.2) is 4.68 Å². The van der Waals surface area contributed by atoms with Crippen LogP contribution in [0.25, 0.3) is 11.4 Å². The molecule has 1 aromatic heterocycles. The smallest absolute Gasteiger partial charge is 0.295 e. The minimum Gasteiger partial charge on any atom is -0.872 e. The van der Waals surface area contributed by atoms with E-state index in [-0.39, 0.29) is 5.57 Å². The highest BCUT2D eigenvalue weighted by Crippen LogP contribution is 2.40. The van der Waals surface area contributed by atoms with Crippen molar-refractivity contribution < 1.29 is 29.1 Å². The third-order valence-corrected chi connectivity index (χ3v) is 7.32. The van der Waals surface area contributed by atoms with Crippen LogP contribution < -0.4 is 14.7 Å². The molecule has 198 valence electrons. The van der Waals surface area contributed by atoms with Gasteiger partial charge < -0.3 is 24.4 Å². The van der Waals surface area contributed by atoms with Gasteiger partial charge >= 0.3 is 0 Å². The fourth-order valence-corrected chi connectivity index (χ4v) is 5.28. The second kappa shape index (κ2) is 11.2. The summed E-state index contributed by atoms with van der Waals surface area (Å²) in [5.74, 6) is -1.29. The molecule has 0 saturated carbocycles. The average Bonchev–Trinajstić information content (AvgIpc) is 3.46. The second-order valence-corrected chi connectivity index (χ2v) is 9.61. The summed E-state index contributed by atoms with van der Waals surface area (Å²) in [5, 5.41) is 18.3. The molecule has 1 atom stereocenters. The molecule has 0 aliphatic carbocycles. The molecule has 3 heterocycles. The van der Waals surface area contributed by atoms with E-state index in [0.29, 0.717) is 35.5 Å². The fraction of sp³-hybridized carbons (Fsp3) is 0.345. The molecule has 3 aromatic rings. The number of nitrogens with one attached hydrogen (secondary N) is 1. The van der Waals surface area contributed by atoms with Crippen molar-refractivity contribution in [2.45, 2.75) is 19.4 Å². The Balaban J connectivity index is 1.52.